The topological polar surface area (TPSA) is 18.5 Å². The maximum Gasteiger partial charge on any atom is 0.573 e. The van der Waals surface area contributed by atoms with Crippen molar-refractivity contribution in [1.29, 1.82) is 0 Å². The molecule has 1 saturated carbocycles. The second-order valence-corrected chi connectivity index (χ2v) is 6.87. The highest BCUT2D eigenvalue weighted by Crippen LogP contribution is 2.37. The minimum atomic E-state index is -5.28. The summed E-state index contributed by atoms with van der Waals surface area (Å²) in [6, 6.07) is 0.949. The fourth-order valence-corrected chi connectivity index (χ4v) is 3.35. The van der Waals surface area contributed by atoms with Crippen LogP contribution in [0, 0.1) is 23.5 Å². The van der Waals surface area contributed by atoms with Gasteiger partial charge in [-0.1, -0.05) is 12.2 Å². The van der Waals surface area contributed by atoms with E-state index >= 15 is 0 Å². The van der Waals surface area contributed by atoms with Crippen molar-refractivity contribution in [3.8, 4) is 5.75 Å². The molecule has 28 heavy (non-hydrogen) atoms. The van der Waals surface area contributed by atoms with Crippen LogP contribution in [0.25, 0.3) is 0 Å². The summed E-state index contributed by atoms with van der Waals surface area (Å²) in [6.07, 6.45) is -2.45. The molecule has 0 heterocycles. The molecule has 1 aliphatic carbocycles. The largest absolute Gasteiger partial charge is 0.573 e. The van der Waals surface area contributed by atoms with E-state index < -0.39 is 42.9 Å². The minimum Gasteiger partial charge on any atom is -0.399 e. The Labute approximate surface area is 158 Å². The number of hydrogen-bond acceptors (Lipinski definition) is 2. The fourth-order valence-electron chi connectivity index (χ4n) is 3.35. The summed E-state index contributed by atoms with van der Waals surface area (Å²) >= 11 is 0. The summed E-state index contributed by atoms with van der Waals surface area (Å²) in [5.41, 5.74) is -0.360. The van der Waals surface area contributed by atoms with Crippen molar-refractivity contribution < 1.29 is 40.2 Å². The van der Waals surface area contributed by atoms with Crippen LogP contribution in [0.3, 0.4) is 0 Å². The maximum atomic E-state index is 14.0. The number of halogens is 7. The van der Waals surface area contributed by atoms with Crippen LogP contribution in [0.15, 0.2) is 24.3 Å². The zero-order valence-corrected chi connectivity index (χ0v) is 15.2. The standard InChI is InChI=1S/C19H21F7O2/c1-2-3-12-4-6-13(7-5-12)10-18(22,23)27-11-14-8-15(20)17(16(21)9-14)28-19(24,25)26/h2-3,8-9,12-13H,4-7,10-11H2,1H3. The van der Waals surface area contributed by atoms with E-state index in [1.54, 1.807) is 0 Å². The Morgan fingerprint density at radius 1 is 1.00 bits per heavy atom. The molecule has 9 heteroatoms. The summed E-state index contributed by atoms with van der Waals surface area (Å²) in [7, 11) is 0. The zero-order valence-electron chi connectivity index (χ0n) is 15.2. The van der Waals surface area contributed by atoms with E-state index in [1.165, 1.54) is 0 Å². The molecule has 0 radical (unpaired) electrons. The lowest BCUT2D eigenvalue weighted by Gasteiger charge is -2.29. The molecular weight excluding hydrogens is 393 g/mol. The summed E-state index contributed by atoms with van der Waals surface area (Å²) in [4.78, 5) is 0. The molecule has 158 valence electrons. The molecule has 0 bridgehead atoms. The van der Waals surface area contributed by atoms with Crippen molar-refractivity contribution in [1.82, 2.24) is 0 Å². The van der Waals surface area contributed by atoms with Gasteiger partial charge in [0.15, 0.2) is 11.6 Å². The second kappa shape index (κ2) is 9.15. The van der Waals surface area contributed by atoms with E-state index in [0.717, 1.165) is 12.8 Å². The van der Waals surface area contributed by atoms with E-state index in [9.17, 15) is 30.7 Å². The van der Waals surface area contributed by atoms with Crippen molar-refractivity contribution in [2.24, 2.45) is 11.8 Å². The van der Waals surface area contributed by atoms with Gasteiger partial charge in [0.05, 0.1) is 6.61 Å². The Morgan fingerprint density at radius 3 is 2.07 bits per heavy atom. The highest BCUT2D eigenvalue weighted by molar-refractivity contribution is 5.31. The minimum absolute atomic E-state index is 0.229. The SMILES string of the molecule is CC=CC1CCC(CC(F)(F)OCc2cc(F)c(OC(F)(F)F)c(F)c2)CC1. The van der Waals surface area contributed by atoms with Crippen LogP contribution in [-0.2, 0) is 11.3 Å². The van der Waals surface area contributed by atoms with Gasteiger partial charge in [0.2, 0.25) is 5.75 Å². The van der Waals surface area contributed by atoms with Gasteiger partial charge in [-0.2, -0.15) is 8.78 Å². The summed E-state index contributed by atoms with van der Waals surface area (Å²) < 4.78 is 99.4. The average molecular weight is 414 g/mol. The van der Waals surface area contributed by atoms with Gasteiger partial charge in [0.25, 0.3) is 0 Å². The Morgan fingerprint density at radius 2 is 1.57 bits per heavy atom. The van der Waals surface area contributed by atoms with Crippen molar-refractivity contribution in [3.05, 3.63) is 41.5 Å². The van der Waals surface area contributed by atoms with E-state index in [1.807, 2.05) is 13.0 Å². The Hall–Kier alpha value is -1.77. The zero-order chi connectivity index (χ0) is 20.9. The lowest BCUT2D eigenvalue weighted by Crippen LogP contribution is -2.27. The van der Waals surface area contributed by atoms with E-state index in [2.05, 4.69) is 15.5 Å². The van der Waals surface area contributed by atoms with Crippen LogP contribution in [0.4, 0.5) is 30.7 Å². The maximum absolute atomic E-state index is 14.0. The van der Waals surface area contributed by atoms with E-state index in [0.29, 0.717) is 30.9 Å². The number of alkyl halides is 5. The Balaban J connectivity index is 1.92. The van der Waals surface area contributed by atoms with Crippen LogP contribution in [0.2, 0.25) is 0 Å². The third kappa shape index (κ3) is 7.00. The number of allylic oxidation sites excluding steroid dienone is 2. The smallest absolute Gasteiger partial charge is 0.399 e. The van der Waals surface area contributed by atoms with E-state index in [4.69, 9.17) is 0 Å². The molecule has 1 aromatic carbocycles. The molecule has 0 aromatic heterocycles. The molecule has 1 aromatic rings. The molecular formula is C19H21F7O2. The molecule has 0 aliphatic heterocycles. The molecule has 2 nitrogen and oxygen atoms in total. The first-order chi connectivity index (χ1) is 13.0. The molecule has 0 atom stereocenters. The van der Waals surface area contributed by atoms with Gasteiger partial charge in [-0.15, -0.1) is 13.2 Å². The van der Waals surface area contributed by atoms with Gasteiger partial charge in [-0.25, -0.2) is 8.78 Å². The Kier molecular flexibility index (Phi) is 7.36. The highest BCUT2D eigenvalue weighted by Gasteiger charge is 2.36. The molecule has 1 aliphatic rings. The predicted molar refractivity (Wildman–Crippen MR) is 87.7 cm³/mol. The average Bonchev–Trinajstić information content (AvgIpc) is 2.57. The van der Waals surface area contributed by atoms with E-state index in [-0.39, 0.29) is 11.5 Å². The van der Waals surface area contributed by atoms with Gasteiger partial charge in [-0.05, 0) is 62.1 Å². The Bertz CT molecular complexity index is 654. The normalized spacial score (nSPS) is 21.3. The molecule has 1 fully saturated rings. The highest BCUT2D eigenvalue weighted by atomic mass is 19.4. The van der Waals surface area contributed by atoms with Crippen LogP contribution in [0.1, 0.15) is 44.6 Å². The van der Waals surface area contributed by atoms with Crippen LogP contribution in [0.5, 0.6) is 5.75 Å². The van der Waals surface area contributed by atoms with Crippen molar-refractivity contribution in [2.45, 2.75) is 58.1 Å². The van der Waals surface area contributed by atoms with Crippen LogP contribution in [-0.4, -0.2) is 12.5 Å². The summed E-state index contributed by atoms with van der Waals surface area (Å²) in [6.45, 7) is 1.06. The predicted octanol–water partition coefficient (Wildman–Crippen LogP) is 6.75. The van der Waals surface area contributed by atoms with Crippen molar-refractivity contribution in [2.75, 3.05) is 0 Å². The van der Waals surface area contributed by atoms with Crippen LogP contribution < -0.4 is 4.74 Å². The molecule has 2 rings (SSSR count). The van der Waals surface area contributed by atoms with Gasteiger partial charge in [-0.3, -0.25) is 0 Å². The molecule has 0 amide bonds. The number of benzene rings is 1. The lowest BCUT2D eigenvalue weighted by atomic mass is 9.80. The van der Waals surface area contributed by atoms with Crippen molar-refractivity contribution in [3.63, 3.8) is 0 Å². The first-order valence-electron chi connectivity index (χ1n) is 8.87. The molecule has 0 spiro atoms. The number of hydrogen-bond donors (Lipinski definition) is 0. The molecule has 0 unspecified atom stereocenters. The third-order valence-corrected chi connectivity index (χ3v) is 4.61. The first-order valence-corrected chi connectivity index (χ1v) is 8.87. The first kappa shape index (κ1) is 22.5. The molecule has 0 N–H and O–H groups in total. The number of rotatable bonds is 7. The summed E-state index contributed by atoms with van der Waals surface area (Å²) in [5.74, 6) is -4.78. The monoisotopic (exact) mass is 414 g/mol. The van der Waals surface area contributed by atoms with Crippen molar-refractivity contribution >= 4 is 0 Å². The second-order valence-electron chi connectivity index (χ2n) is 6.87. The van der Waals surface area contributed by atoms with Gasteiger partial charge < -0.3 is 9.47 Å². The lowest BCUT2D eigenvalue weighted by molar-refractivity contribution is -0.276. The number of ether oxygens (including phenoxy) is 2. The van der Waals surface area contributed by atoms with Gasteiger partial charge in [0.1, 0.15) is 0 Å². The summed E-state index contributed by atoms with van der Waals surface area (Å²) in [5, 5.41) is 0. The quantitative estimate of drug-likeness (QED) is 0.363. The molecule has 0 saturated heterocycles. The van der Waals surface area contributed by atoms with Gasteiger partial charge in [0, 0.05) is 6.42 Å². The third-order valence-electron chi connectivity index (χ3n) is 4.61. The van der Waals surface area contributed by atoms with Gasteiger partial charge >= 0.3 is 12.5 Å². The fraction of sp³-hybridized carbons (Fsp3) is 0.579. The van der Waals surface area contributed by atoms with Crippen LogP contribution >= 0.6 is 0 Å².